The number of alkyl halides is 3. The summed E-state index contributed by atoms with van der Waals surface area (Å²) in [6.07, 6.45) is -1.98. The molecule has 0 aromatic heterocycles. The molecule has 5 nitrogen and oxygen atoms in total. The van der Waals surface area contributed by atoms with Crippen LogP contribution >= 0.6 is 11.8 Å². The van der Waals surface area contributed by atoms with Crippen molar-refractivity contribution in [3.8, 4) is 0 Å². The van der Waals surface area contributed by atoms with Crippen LogP contribution in [0.4, 0.5) is 24.5 Å². The molecule has 0 spiro atoms. The highest BCUT2D eigenvalue weighted by atomic mass is 32.2. The number of carbonyl (C=O) groups excluding carboxylic acids is 1. The van der Waals surface area contributed by atoms with Crippen molar-refractivity contribution in [2.45, 2.75) is 24.0 Å². The van der Waals surface area contributed by atoms with Gasteiger partial charge in [-0.15, -0.1) is 11.8 Å². The summed E-state index contributed by atoms with van der Waals surface area (Å²) in [5.41, 5.74) is -0.749. The lowest BCUT2D eigenvalue weighted by Crippen LogP contribution is -2.45. The molecule has 0 fully saturated rings. The number of nitrogens with zero attached hydrogens (tertiary/aromatic N) is 1. The average Bonchev–Trinajstić information content (AvgIpc) is 2.60. The Morgan fingerprint density at radius 1 is 1.14 bits per heavy atom. The van der Waals surface area contributed by atoms with E-state index in [1.165, 1.54) is 24.8 Å². The SMILES string of the molecule is CSc1ccccc1NC(=O)[C@H](C)N(c1cccc(C(F)(F)F)c1)S(C)(=O)=O. The largest absolute Gasteiger partial charge is 0.416 e. The molecule has 0 radical (unpaired) electrons. The first-order valence-corrected chi connectivity index (χ1v) is 11.1. The molecule has 0 saturated heterocycles. The molecule has 0 aliphatic carbocycles. The highest BCUT2D eigenvalue weighted by Gasteiger charge is 2.34. The second-order valence-corrected chi connectivity index (χ2v) is 8.68. The normalized spacial score (nSPS) is 13.1. The summed E-state index contributed by atoms with van der Waals surface area (Å²) in [5, 5.41) is 2.64. The van der Waals surface area contributed by atoms with E-state index in [1.807, 2.05) is 6.26 Å². The second-order valence-electron chi connectivity index (χ2n) is 5.97. The Labute approximate surface area is 166 Å². The summed E-state index contributed by atoms with van der Waals surface area (Å²) in [6.45, 7) is 1.32. The summed E-state index contributed by atoms with van der Waals surface area (Å²) < 4.78 is 64.3. The number of halogens is 3. The van der Waals surface area contributed by atoms with Crippen LogP contribution in [0.3, 0.4) is 0 Å². The van der Waals surface area contributed by atoms with Gasteiger partial charge in [0.2, 0.25) is 15.9 Å². The minimum atomic E-state index is -4.64. The molecular weight excluding hydrogens is 413 g/mol. The van der Waals surface area contributed by atoms with Crippen molar-refractivity contribution < 1.29 is 26.4 Å². The Kier molecular flexibility index (Phi) is 6.66. The lowest BCUT2D eigenvalue weighted by Gasteiger charge is -2.29. The summed E-state index contributed by atoms with van der Waals surface area (Å²) in [4.78, 5) is 13.4. The van der Waals surface area contributed by atoms with Gasteiger partial charge >= 0.3 is 6.18 Å². The van der Waals surface area contributed by atoms with Crippen LogP contribution in [0.15, 0.2) is 53.4 Å². The van der Waals surface area contributed by atoms with Gasteiger partial charge in [0, 0.05) is 4.90 Å². The van der Waals surface area contributed by atoms with Crippen molar-refractivity contribution in [3.05, 3.63) is 54.1 Å². The van der Waals surface area contributed by atoms with Gasteiger partial charge in [0.15, 0.2) is 0 Å². The number of benzene rings is 2. The van der Waals surface area contributed by atoms with E-state index in [4.69, 9.17) is 0 Å². The van der Waals surface area contributed by atoms with Gasteiger partial charge in [-0.05, 0) is 43.5 Å². The van der Waals surface area contributed by atoms with Crippen LogP contribution in [0.1, 0.15) is 12.5 Å². The summed E-state index contributed by atoms with van der Waals surface area (Å²) >= 11 is 1.39. The third-order valence-electron chi connectivity index (χ3n) is 3.88. The number of nitrogens with one attached hydrogen (secondary N) is 1. The molecule has 0 aliphatic heterocycles. The van der Waals surface area contributed by atoms with E-state index >= 15 is 0 Å². The Bertz CT molecular complexity index is 963. The van der Waals surface area contributed by atoms with Crippen LogP contribution in [0, 0.1) is 0 Å². The zero-order valence-corrected chi connectivity index (χ0v) is 17.0. The van der Waals surface area contributed by atoms with Gasteiger partial charge in [-0.25, -0.2) is 8.42 Å². The Hall–Kier alpha value is -2.20. The van der Waals surface area contributed by atoms with Crippen LogP contribution in [0.2, 0.25) is 0 Å². The first-order chi connectivity index (χ1) is 12.9. The summed E-state index contributed by atoms with van der Waals surface area (Å²) in [5.74, 6) is -0.663. The Morgan fingerprint density at radius 3 is 2.36 bits per heavy atom. The maximum absolute atomic E-state index is 13.0. The van der Waals surface area contributed by atoms with Crippen LogP contribution in [0.25, 0.3) is 0 Å². The number of thioether (sulfide) groups is 1. The molecule has 0 aliphatic rings. The second kappa shape index (κ2) is 8.44. The van der Waals surface area contributed by atoms with Gasteiger partial charge in [-0.3, -0.25) is 9.10 Å². The number of hydrogen-bond acceptors (Lipinski definition) is 4. The molecule has 28 heavy (non-hydrogen) atoms. The number of rotatable bonds is 6. The van der Waals surface area contributed by atoms with Gasteiger partial charge in [0.05, 0.1) is 23.2 Å². The van der Waals surface area contributed by atoms with Gasteiger partial charge in [-0.2, -0.15) is 13.2 Å². The van der Waals surface area contributed by atoms with Crippen LogP contribution in [-0.2, 0) is 21.0 Å². The molecule has 1 atom stereocenters. The maximum Gasteiger partial charge on any atom is 0.416 e. The van der Waals surface area contributed by atoms with E-state index in [0.29, 0.717) is 16.1 Å². The van der Waals surface area contributed by atoms with Crippen molar-refractivity contribution in [3.63, 3.8) is 0 Å². The predicted molar refractivity (Wildman–Crippen MR) is 105 cm³/mol. The van der Waals surface area contributed by atoms with E-state index in [2.05, 4.69) is 5.32 Å². The third kappa shape index (κ3) is 5.20. The van der Waals surface area contributed by atoms with Gasteiger partial charge in [0.25, 0.3) is 0 Å². The summed E-state index contributed by atoms with van der Waals surface area (Å²) in [6, 6.07) is 9.53. The number of amides is 1. The highest BCUT2D eigenvalue weighted by Crippen LogP contribution is 2.33. The molecule has 152 valence electrons. The quantitative estimate of drug-likeness (QED) is 0.694. The van der Waals surface area contributed by atoms with E-state index in [1.54, 1.807) is 24.3 Å². The lowest BCUT2D eigenvalue weighted by molar-refractivity contribution is -0.137. The van der Waals surface area contributed by atoms with E-state index in [9.17, 15) is 26.4 Å². The molecule has 1 amide bonds. The number of anilines is 2. The minimum Gasteiger partial charge on any atom is -0.323 e. The molecule has 0 heterocycles. The van der Waals surface area contributed by atoms with Crippen molar-refractivity contribution in [2.75, 3.05) is 22.1 Å². The molecule has 2 rings (SSSR count). The molecule has 1 N–H and O–H groups in total. The fourth-order valence-electron chi connectivity index (χ4n) is 2.61. The number of para-hydroxylation sites is 1. The van der Waals surface area contributed by atoms with Crippen LogP contribution in [0.5, 0.6) is 0 Å². The first-order valence-electron chi connectivity index (χ1n) is 8.05. The van der Waals surface area contributed by atoms with E-state index in [-0.39, 0.29) is 5.69 Å². The van der Waals surface area contributed by atoms with Gasteiger partial charge < -0.3 is 5.32 Å². The minimum absolute atomic E-state index is 0.238. The summed E-state index contributed by atoms with van der Waals surface area (Å²) in [7, 11) is -4.03. The van der Waals surface area contributed by atoms with Crippen molar-refractivity contribution in [1.29, 1.82) is 0 Å². The monoisotopic (exact) mass is 432 g/mol. The predicted octanol–water partition coefficient (Wildman–Crippen LogP) is 4.22. The standard InChI is InChI=1S/C18H19F3N2O3S2/c1-12(17(24)22-15-9-4-5-10-16(15)27-2)23(28(3,25)26)14-8-6-7-13(11-14)18(19,20)21/h4-12H,1-3H3,(H,22,24)/t12-/m0/s1. The number of hydrogen-bond donors (Lipinski definition) is 1. The smallest absolute Gasteiger partial charge is 0.323 e. The molecule has 2 aromatic rings. The molecule has 2 aromatic carbocycles. The Balaban J connectivity index is 2.40. The topological polar surface area (TPSA) is 66.5 Å². The van der Waals surface area contributed by atoms with Crippen molar-refractivity contribution in [1.82, 2.24) is 0 Å². The fourth-order valence-corrected chi connectivity index (χ4v) is 4.33. The third-order valence-corrected chi connectivity index (χ3v) is 5.92. The van der Waals surface area contributed by atoms with Crippen LogP contribution in [-0.4, -0.2) is 32.9 Å². The average molecular weight is 432 g/mol. The van der Waals surface area contributed by atoms with Gasteiger partial charge in [0.1, 0.15) is 6.04 Å². The Morgan fingerprint density at radius 2 is 1.79 bits per heavy atom. The molecule has 0 bridgehead atoms. The van der Waals surface area contributed by atoms with Crippen LogP contribution < -0.4 is 9.62 Å². The zero-order valence-electron chi connectivity index (χ0n) is 15.3. The van der Waals surface area contributed by atoms with Crippen molar-refractivity contribution in [2.24, 2.45) is 0 Å². The lowest BCUT2D eigenvalue weighted by atomic mass is 10.1. The molecule has 0 saturated carbocycles. The number of carbonyl (C=O) groups is 1. The highest BCUT2D eigenvalue weighted by molar-refractivity contribution is 7.98. The van der Waals surface area contributed by atoms with E-state index in [0.717, 1.165) is 23.3 Å². The molecular formula is C18H19F3N2O3S2. The number of sulfonamides is 1. The molecule has 0 unspecified atom stereocenters. The zero-order chi connectivity index (χ0) is 21.1. The fraction of sp³-hybridized carbons (Fsp3) is 0.278. The van der Waals surface area contributed by atoms with Gasteiger partial charge in [-0.1, -0.05) is 18.2 Å². The molecule has 10 heteroatoms. The van der Waals surface area contributed by atoms with Crippen molar-refractivity contribution >= 4 is 39.1 Å². The first kappa shape index (κ1) is 22.1. The van der Waals surface area contributed by atoms with E-state index < -0.39 is 33.7 Å². The maximum atomic E-state index is 13.0.